The van der Waals surface area contributed by atoms with Crippen LogP contribution in [0, 0.1) is 0 Å². The Balaban J connectivity index is 1.81. The normalized spacial score (nSPS) is 15.8. The van der Waals surface area contributed by atoms with Crippen LogP contribution in [0.2, 0.25) is 0 Å². The van der Waals surface area contributed by atoms with Crippen LogP contribution in [-0.2, 0) is 14.8 Å². The first-order chi connectivity index (χ1) is 13.6. The van der Waals surface area contributed by atoms with Gasteiger partial charge in [-0.05, 0) is 36.6 Å². The van der Waals surface area contributed by atoms with Crippen molar-refractivity contribution < 1.29 is 13.2 Å². The maximum atomic E-state index is 12.6. The minimum atomic E-state index is -3.55. The lowest BCUT2D eigenvalue weighted by Gasteiger charge is -2.24. The van der Waals surface area contributed by atoms with Crippen molar-refractivity contribution in [3.63, 3.8) is 0 Å². The molecule has 0 spiro atoms. The molecule has 3 N–H and O–H groups in total. The molecule has 0 bridgehead atoms. The third-order valence-electron chi connectivity index (χ3n) is 5.01. The molecular formula is C21H25N3O3S. The standard InChI is InChI=1S/C21H25N3O3S/c1-2-22-28(25,26)18-12-16-13-19(15-6-4-3-5-7-15)24-21(16)20(14-18)23-17-8-10-27-11-9-17/h3-7,12-14,17,22-24H,2,8-11H2,1H3. The molecular weight excluding hydrogens is 374 g/mol. The fourth-order valence-corrected chi connectivity index (χ4v) is 4.70. The van der Waals surface area contributed by atoms with Crippen LogP contribution in [0.15, 0.2) is 53.4 Å². The predicted octanol–water partition coefficient (Wildman–Crippen LogP) is 3.72. The minimum absolute atomic E-state index is 0.262. The number of aromatic amines is 1. The number of benzene rings is 2. The summed E-state index contributed by atoms with van der Waals surface area (Å²) in [5, 5.41) is 4.41. The van der Waals surface area contributed by atoms with Crippen LogP contribution >= 0.6 is 0 Å². The molecule has 28 heavy (non-hydrogen) atoms. The van der Waals surface area contributed by atoms with Gasteiger partial charge in [-0.1, -0.05) is 37.3 Å². The number of fused-ring (bicyclic) bond motifs is 1. The van der Waals surface area contributed by atoms with Crippen LogP contribution in [0.3, 0.4) is 0 Å². The van der Waals surface area contributed by atoms with Gasteiger partial charge in [-0.25, -0.2) is 13.1 Å². The number of hydrogen-bond donors (Lipinski definition) is 3. The van der Waals surface area contributed by atoms with Gasteiger partial charge in [-0.3, -0.25) is 0 Å². The second-order valence-corrected chi connectivity index (χ2v) is 8.78. The molecule has 1 aliphatic heterocycles. The molecule has 0 atom stereocenters. The number of ether oxygens (including phenoxy) is 1. The first kappa shape index (κ1) is 19.0. The van der Waals surface area contributed by atoms with Crippen molar-refractivity contribution in [1.82, 2.24) is 9.71 Å². The molecule has 0 unspecified atom stereocenters. The largest absolute Gasteiger partial charge is 0.381 e. The Morgan fingerprint density at radius 3 is 2.57 bits per heavy atom. The Bertz CT molecular complexity index is 1060. The summed E-state index contributed by atoms with van der Waals surface area (Å²) < 4.78 is 33.3. The number of rotatable bonds is 6. The first-order valence-electron chi connectivity index (χ1n) is 9.63. The Morgan fingerprint density at radius 1 is 1.11 bits per heavy atom. The molecule has 1 aliphatic rings. The zero-order valence-corrected chi connectivity index (χ0v) is 16.7. The summed E-state index contributed by atoms with van der Waals surface area (Å²) in [7, 11) is -3.55. The second kappa shape index (κ2) is 7.95. The average Bonchev–Trinajstić information content (AvgIpc) is 3.14. The molecule has 3 aromatic rings. The highest BCUT2D eigenvalue weighted by atomic mass is 32.2. The molecule has 7 heteroatoms. The monoisotopic (exact) mass is 399 g/mol. The molecule has 1 saturated heterocycles. The average molecular weight is 400 g/mol. The summed E-state index contributed by atoms with van der Waals surface area (Å²) in [6.45, 7) is 3.57. The topological polar surface area (TPSA) is 83.2 Å². The van der Waals surface area contributed by atoms with Gasteiger partial charge in [0.2, 0.25) is 10.0 Å². The van der Waals surface area contributed by atoms with Crippen LogP contribution in [0.25, 0.3) is 22.2 Å². The van der Waals surface area contributed by atoms with Gasteiger partial charge in [0.1, 0.15) is 0 Å². The van der Waals surface area contributed by atoms with Gasteiger partial charge in [0.25, 0.3) is 0 Å². The maximum Gasteiger partial charge on any atom is 0.240 e. The maximum absolute atomic E-state index is 12.6. The van der Waals surface area contributed by atoms with E-state index in [9.17, 15) is 8.42 Å². The SMILES string of the molecule is CCNS(=O)(=O)c1cc(NC2CCOCC2)c2[nH]c(-c3ccccc3)cc2c1. The van der Waals surface area contributed by atoms with E-state index >= 15 is 0 Å². The number of hydrogen-bond acceptors (Lipinski definition) is 4. The lowest BCUT2D eigenvalue weighted by atomic mass is 10.1. The van der Waals surface area contributed by atoms with Crippen LogP contribution < -0.4 is 10.0 Å². The molecule has 6 nitrogen and oxygen atoms in total. The molecule has 148 valence electrons. The van der Waals surface area contributed by atoms with Crippen molar-refractivity contribution in [3.8, 4) is 11.3 Å². The van der Waals surface area contributed by atoms with Gasteiger partial charge < -0.3 is 15.0 Å². The summed E-state index contributed by atoms with van der Waals surface area (Å²) in [6, 6.07) is 15.7. The Labute approximate surface area is 165 Å². The van der Waals surface area contributed by atoms with Crippen LogP contribution in [0.1, 0.15) is 19.8 Å². The fraction of sp³-hybridized carbons (Fsp3) is 0.333. The molecule has 0 saturated carbocycles. The van der Waals surface area contributed by atoms with Crippen molar-refractivity contribution in [3.05, 3.63) is 48.5 Å². The van der Waals surface area contributed by atoms with E-state index < -0.39 is 10.0 Å². The van der Waals surface area contributed by atoms with E-state index in [-0.39, 0.29) is 10.9 Å². The highest BCUT2D eigenvalue weighted by Crippen LogP contribution is 2.32. The summed E-state index contributed by atoms with van der Waals surface area (Å²) in [4.78, 5) is 3.74. The predicted molar refractivity (Wildman–Crippen MR) is 112 cm³/mol. The molecule has 4 rings (SSSR count). The lowest BCUT2D eigenvalue weighted by molar-refractivity contribution is 0.0905. The molecule has 0 radical (unpaired) electrons. The van der Waals surface area contributed by atoms with E-state index in [1.165, 1.54) is 0 Å². The van der Waals surface area contributed by atoms with Gasteiger partial charge in [0, 0.05) is 36.9 Å². The van der Waals surface area contributed by atoms with E-state index in [1.54, 1.807) is 19.1 Å². The van der Waals surface area contributed by atoms with E-state index in [1.807, 2.05) is 36.4 Å². The summed E-state index contributed by atoms with van der Waals surface area (Å²) in [5.41, 5.74) is 3.75. The third kappa shape index (κ3) is 3.92. The Kier molecular flexibility index (Phi) is 5.39. The zero-order valence-electron chi connectivity index (χ0n) is 15.9. The zero-order chi connectivity index (χ0) is 19.6. The highest BCUT2D eigenvalue weighted by Gasteiger charge is 2.20. The van der Waals surface area contributed by atoms with Gasteiger partial charge in [-0.15, -0.1) is 0 Å². The smallest absolute Gasteiger partial charge is 0.240 e. The van der Waals surface area contributed by atoms with Gasteiger partial charge in [-0.2, -0.15) is 0 Å². The first-order valence-corrected chi connectivity index (χ1v) is 11.1. The molecule has 2 aromatic carbocycles. The summed E-state index contributed by atoms with van der Waals surface area (Å²) >= 11 is 0. The second-order valence-electron chi connectivity index (χ2n) is 7.02. The third-order valence-corrected chi connectivity index (χ3v) is 6.54. The Hall–Kier alpha value is -2.35. The van der Waals surface area contributed by atoms with Crippen molar-refractivity contribution in [1.29, 1.82) is 0 Å². The summed E-state index contributed by atoms with van der Waals surface area (Å²) in [5.74, 6) is 0. The molecule has 2 heterocycles. The lowest BCUT2D eigenvalue weighted by Crippen LogP contribution is -2.28. The molecule has 1 fully saturated rings. The quantitative estimate of drug-likeness (QED) is 0.590. The van der Waals surface area contributed by atoms with Gasteiger partial charge >= 0.3 is 0 Å². The molecule has 1 aromatic heterocycles. The number of H-pyrrole nitrogens is 1. The highest BCUT2D eigenvalue weighted by molar-refractivity contribution is 7.89. The minimum Gasteiger partial charge on any atom is -0.381 e. The van der Waals surface area contributed by atoms with E-state index in [2.05, 4.69) is 15.0 Å². The fourth-order valence-electron chi connectivity index (χ4n) is 3.59. The van der Waals surface area contributed by atoms with Crippen molar-refractivity contribution in [2.24, 2.45) is 0 Å². The Morgan fingerprint density at radius 2 is 1.86 bits per heavy atom. The number of nitrogens with one attached hydrogen (secondary N) is 3. The summed E-state index contributed by atoms with van der Waals surface area (Å²) in [6.07, 6.45) is 1.80. The van der Waals surface area contributed by atoms with Crippen LogP contribution in [-0.4, -0.2) is 39.2 Å². The van der Waals surface area contributed by atoms with Gasteiger partial charge in [0.05, 0.1) is 16.1 Å². The van der Waals surface area contributed by atoms with Crippen molar-refractivity contribution >= 4 is 26.6 Å². The van der Waals surface area contributed by atoms with Crippen molar-refractivity contribution in [2.75, 3.05) is 25.1 Å². The number of sulfonamides is 1. The van der Waals surface area contributed by atoms with Crippen LogP contribution in [0.5, 0.6) is 0 Å². The number of aromatic nitrogens is 1. The van der Waals surface area contributed by atoms with E-state index in [0.717, 1.165) is 53.9 Å². The molecule has 0 amide bonds. The van der Waals surface area contributed by atoms with Crippen molar-refractivity contribution in [2.45, 2.75) is 30.7 Å². The molecule has 0 aliphatic carbocycles. The van der Waals surface area contributed by atoms with Crippen LogP contribution in [0.4, 0.5) is 5.69 Å². The van der Waals surface area contributed by atoms with E-state index in [4.69, 9.17) is 4.74 Å². The van der Waals surface area contributed by atoms with E-state index in [0.29, 0.717) is 6.54 Å². The van der Waals surface area contributed by atoms with Gasteiger partial charge in [0.15, 0.2) is 0 Å². The number of anilines is 1.